The maximum absolute atomic E-state index is 14.6. The fraction of sp³-hybridized carbons (Fsp3) is 0.0870. The summed E-state index contributed by atoms with van der Waals surface area (Å²) in [5, 5.41) is 10.9. The van der Waals surface area contributed by atoms with Gasteiger partial charge in [-0.1, -0.05) is 52.3 Å². The van der Waals surface area contributed by atoms with Crippen molar-refractivity contribution in [1.82, 2.24) is 15.5 Å². The van der Waals surface area contributed by atoms with Crippen molar-refractivity contribution < 1.29 is 18.3 Å². The fourth-order valence-corrected chi connectivity index (χ4v) is 3.46. The van der Waals surface area contributed by atoms with E-state index in [1.54, 1.807) is 36.4 Å². The third-order valence-electron chi connectivity index (χ3n) is 4.61. The Morgan fingerprint density at radius 2 is 1.81 bits per heavy atom. The molecule has 0 saturated heterocycles. The van der Waals surface area contributed by atoms with Crippen LogP contribution in [0.4, 0.5) is 4.39 Å². The number of rotatable bonds is 6. The Kier molecular flexibility index (Phi) is 6.08. The van der Waals surface area contributed by atoms with Gasteiger partial charge in [-0.15, -0.1) is 10.2 Å². The number of aromatic nitrogens is 2. The minimum atomic E-state index is -0.998. The molecule has 0 aliphatic rings. The Bertz CT molecular complexity index is 1210. The lowest BCUT2D eigenvalue weighted by molar-refractivity contribution is 0.0934. The first kappa shape index (κ1) is 20.7. The van der Waals surface area contributed by atoms with Crippen molar-refractivity contribution in [1.29, 1.82) is 0 Å². The van der Waals surface area contributed by atoms with Gasteiger partial charge in [0.25, 0.3) is 5.91 Å². The molecule has 8 heteroatoms. The molecule has 1 amide bonds. The lowest BCUT2D eigenvalue weighted by Gasteiger charge is -2.17. The van der Waals surface area contributed by atoms with E-state index in [1.807, 2.05) is 30.3 Å². The molecular weight excluding hydrogens is 465 g/mol. The van der Waals surface area contributed by atoms with Gasteiger partial charge in [-0.25, -0.2) is 4.39 Å². The third-order valence-corrected chi connectivity index (χ3v) is 5.10. The molecule has 1 atom stereocenters. The average Bonchev–Trinajstić information content (AvgIpc) is 3.28. The van der Waals surface area contributed by atoms with Crippen molar-refractivity contribution in [3.8, 4) is 17.2 Å². The summed E-state index contributed by atoms with van der Waals surface area (Å²) in [6.45, 7) is 0. The molecular formula is C23H17BrFN3O3. The summed E-state index contributed by atoms with van der Waals surface area (Å²) >= 11 is 3.35. The fourth-order valence-electron chi connectivity index (χ4n) is 3.10. The molecule has 0 bridgehead atoms. The van der Waals surface area contributed by atoms with Crippen LogP contribution >= 0.6 is 15.9 Å². The zero-order valence-electron chi connectivity index (χ0n) is 16.4. The van der Waals surface area contributed by atoms with Crippen LogP contribution < -0.4 is 10.1 Å². The minimum absolute atomic E-state index is 0.0614. The highest BCUT2D eigenvalue weighted by molar-refractivity contribution is 9.10. The topological polar surface area (TPSA) is 77.2 Å². The Morgan fingerprint density at radius 1 is 1.06 bits per heavy atom. The van der Waals surface area contributed by atoms with Gasteiger partial charge in [-0.3, -0.25) is 4.79 Å². The van der Waals surface area contributed by atoms with Crippen LogP contribution in [0.5, 0.6) is 5.75 Å². The smallest absolute Gasteiger partial charge is 0.255 e. The first-order valence-corrected chi connectivity index (χ1v) is 10.1. The monoisotopic (exact) mass is 481 g/mol. The zero-order valence-corrected chi connectivity index (χ0v) is 18.0. The number of nitrogens with zero attached hydrogens (tertiary/aromatic N) is 2. The van der Waals surface area contributed by atoms with Crippen molar-refractivity contribution in [2.45, 2.75) is 6.04 Å². The molecule has 1 heterocycles. The SMILES string of the molecule is COc1ccc(Br)cc1C(=O)NC(c1nnc(-c2ccccc2)o1)c1ccccc1F. The average molecular weight is 482 g/mol. The molecule has 0 spiro atoms. The molecule has 31 heavy (non-hydrogen) atoms. The summed E-state index contributed by atoms with van der Waals surface area (Å²) in [6, 6.07) is 19.3. The highest BCUT2D eigenvalue weighted by atomic mass is 79.9. The Morgan fingerprint density at radius 3 is 2.55 bits per heavy atom. The number of amides is 1. The third kappa shape index (κ3) is 4.49. The van der Waals surface area contributed by atoms with Gasteiger partial charge in [0, 0.05) is 15.6 Å². The van der Waals surface area contributed by atoms with Crippen LogP contribution in [-0.4, -0.2) is 23.2 Å². The molecule has 0 aliphatic heterocycles. The van der Waals surface area contributed by atoms with Gasteiger partial charge in [0.15, 0.2) is 0 Å². The van der Waals surface area contributed by atoms with Crippen LogP contribution in [-0.2, 0) is 0 Å². The Labute approximate surface area is 186 Å². The molecule has 0 fully saturated rings. The van der Waals surface area contributed by atoms with Gasteiger partial charge in [0.2, 0.25) is 11.8 Å². The van der Waals surface area contributed by atoms with Gasteiger partial charge in [-0.2, -0.15) is 0 Å². The molecule has 1 unspecified atom stereocenters. The number of hydrogen-bond donors (Lipinski definition) is 1. The summed E-state index contributed by atoms with van der Waals surface area (Å²) in [5.74, 6) is -0.277. The number of carbonyl (C=O) groups is 1. The van der Waals surface area contributed by atoms with Crippen molar-refractivity contribution in [2.75, 3.05) is 7.11 Å². The molecule has 6 nitrogen and oxygen atoms in total. The van der Waals surface area contributed by atoms with Crippen molar-refractivity contribution in [3.05, 3.63) is 100 Å². The molecule has 0 saturated carbocycles. The molecule has 4 aromatic rings. The van der Waals surface area contributed by atoms with Crippen LogP contribution in [0.1, 0.15) is 27.9 Å². The molecule has 3 aromatic carbocycles. The maximum Gasteiger partial charge on any atom is 0.255 e. The summed E-state index contributed by atoms with van der Waals surface area (Å²) in [4.78, 5) is 13.1. The van der Waals surface area contributed by atoms with Gasteiger partial charge in [0.1, 0.15) is 17.6 Å². The van der Waals surface area contributed by atoms with Crippen LogP contribution in [0.3, 0.4) is 0 Å². The normalized spacial score (nSPS) is 11.7. The number of carbonyl (C=O) groups excluding carboxylic acids is 1. The standard InChI is InChI=1S/C23H17BrFN3O3/c1-30-19-12-11-15(24)13-17(19)21(29)26-20(16-9-5-6-10-18(16)25)23-28-27-22(31-23)14-7-3-2-4-8-14/h2-13,20H,1H3,(H,26,29). The number of ether oxygens (including phenoxy) is 1. The summed E-state index contributed by atoms with van der Waals surface area (Å²) in [6.07, 6.45) is 0. The number of methoxy groups -OCH3 is 1. The summed E-state index contributed by atoms with van der Waals surface area (Å²) in [7, 11) is 1.47. The molecule has 0 aliphatic carbocycles. The largest absolute Gasteiger partial charge is 0.496 e. The van der Waals surface area contributed by atoms with Crippen LogP contribution in [0, 0.1) is 5.82 Å². The number of halogens is 2. The first-order valence-electron chi connectivity index (χ1n) is 9.34. The maximum atomic E-state index is 14.6. The lowest BCUT2D eigenvalue weighted by Crippen LogP contribution is -2.30. The first-order chi connectivity index (χ1) is 15.1. The number of benzene rings is 3. The number of nitrogens with one attached hydrogen (secondary N) is 1. The van der Waals surface area contributed by atoms with Gasteiger partial charge in [0.05, 0.1) is 12.7 Å². The highest BCUT2D eigenvalue weighted by Crippen LogP contribution is 2.29. The van der Waals surface area contributed by atoms with Crippen molar-refractivity contribution in [2.24, 2.45) is 0 Å². The van der Waals surface area contributed by atoms with E-state index in [2.05, 4.69) is 31.4 Å². The second-order valence-electron chi connectivity index (χ2n) is 6.58. The number of hydrogen-bond acceptors (Lipinski definition) is 5. The van der Waals surface area contributed by atoms with E-state index in [0.717, 1.165) is 0 Å². The molecule has 0 radical (unpaired) electrons. The Balaban J connectivity index is 1.73. The minimum Gasteiger partial charge on any atom is -0.496 e. The quantitative estimate of drug-likeness (QED) is 0.411. The van der Waals surface area contributed by atoms with E-state index in [0.29, 0.717) is 15.8 Å². The van der Waals surface area contributed by atoms with Crippen LogP contribution in [0.15, 0.2) is 81.7 Å². The predicted molar refractivity (Wildman–Crippen MR) is 116 cm³/mol. The summed E-state index contributed by atoms with van der Waals surface area (Å²) in [5.41, 5.74) is 1.20. The van der Waals surface area contributed by atoms with E-state index < -0.39 is 17.8 Å². The predicted octanol–water partition coefficient (Wildman–Crippen LogP) is 5.17. The summed E-state index contributed by atoms with van der Waals surface area (Å²) < 4.78 is 26.5. The van der Waals surface area contributed by atoms with Crippen LogP contribution in [0.2, 0.25) is 0 Å². The molecule has 1 N–H and O–H groups in total. The van der Waals surface area contributed by atoms with Crippen molar-refractivity contribution in [3.63, 3.8) is 0 Å². The highest BCUT2D eigenvalue weighted by Gasteiger charge is 2.27. The van der Waals surface area contributed by atoms with Crippen LogP contribution in [0.25, 0.3) is 11.5 Å². The van der Waals surface area contributed by atoms with E-state index in [4.69, 9.17) is 9.15 Å². The molecule has 4 rings (SSSR count). The Hall–Kier alpha value is -3.52. The second-order valence-corrected chi connectivity index (χ2v) is 7.50. The zero-order chi connectivity index (χ0) is 21.8. The van der Waals surface area contributed by atoms with E-state index >= 15 is 0 Å². The second kappa shape index (κ2) is 9.09. The van der Waals surface area contributed by atoms with E-state index in [-0.39, 0.29) is 22.9 Å². The van der Waals surface area contributed by atoms with Gasteiger partial charge < -0.3 is 14.5 Å². The van der Waals surface area contributed by atoms with E-state index in [1.165, 1.54) is 13.2 Å². The van der Waals surface area contributed by atoms with E-state index in [9.17, 15) is 9.18 Å². The molecule has 1 aromatic heterocycles. The van der Waals surface area contributed by atoms with Gasteiger partial charge >= 0.3 is 0 Å². The van der Waals surface area contributed by atoms with Gasteiger partial charge in [-0.05, 0) is 36.4 Å². The van der Waals surface area contributed by atoms with Crippen molar-refractivity contribution >= 4 is 21.8 Å². The lowest BCUT2D eigenvalue weighted by atomic mass is 10.1. The molecule has 156 valence electrons.